The van der Waals surface area contributed by atoms with Gasteiger partial charge in [-0.15, -0.1) is 5.11 Å². The summed E-state index contributed by atoms with van der Waals surface area (Å²) in [6.45, 7) is 2.10. The van der Waals surface area contributed by atoms with E-state index in [0.29, 0.717) is 28.1 Å². The molecular formula is C17H18BrN3O3. The smallest absolute Gasteiger partial charge is 0.338 e. The van der Waals surface area contributed by atoms with Crippen LogP contribution in [0.25, 0.3) is 0 Å². The summed E-state index contributed by atoms with van der Waals surface area (Å²) in [6, 6.07) is 12.5. The molecule has 2 aromatic rings. The molecule has 2 aromatic carbocycles. The van der Waals surface area contributed by atoms with E-state index in [0.717, 1.165) is 5.69 Å². The Balaban J connectivity index is 2.18. The number of carbonyl (C=O) groups excluding carboxylic acids is 1. The van der Waals surface area contributed by atoms with Gasteiger partial charge in [-0.3, -0.25) is 0 Å². The largest absolute Gasteiger partial charge is 0.495 e. The van der Waals surface area contributed by atoms with Crippen molar-refractivity contribution >= 4 is 33.3 Å². The molecule has 0 aromatic heterocycles. The Hall–Kier alpha value is -2.41. The van der Waals surface area contributed by atoms with Crippen molar-refractivity contribution in [1.82, 2.24) is 0 Å². The van der Waals surface area contributed by atoms with Crippen LogP contribution in [-0.2, 0) is 4.74 Å². The Morgan fingerprint density at radius 3 is 2.67 bits per heavy atom. The summed E-state index contributed by atoms with van der Waals surface area (Å²) in [5, 5.41) is 9.99. The lowest BCUT2D eigenvalue weighted by molar-refractivity contribution is 0.0526. The Morgan fingerprint density at radius 2 is 2.00 bits per heavy atom. The minimum Gasteiger partial charge on any atom is -0.495 e. The predicted molar refractivity (Wildman–Crippen MR) is 96.0 cm³/mol. The molecule has 0 spiro atoms. The Kier molecular flexibility index (Phi) is 6.31. The number of esters is 1. The van der Waals surface area contributed by atoms with Crippen molar-refractivity contribution in [3.8, 4) is 5.75 Å². The maximum Gasteiger partial charge on any atom is 0.338 e. The fraction of sp³-hybridized carbons (Fsp3) is 0.235. The molecule has 0 amide bonds. The number of methoxy groups -OCH3 is 1. The molecule has 0 aliphatic carbocycles. The number of rotatable bonds is 6. The Labute approximate surface area is 149 Å². The van der Waals surface area contributed by atoms with Gasteiger partial charge in [0.05, 0.1) is 19.3 Å². The third-order valence-electron chi connectivity index (χ3n) is 3.18. The number of nitrogens with zero attached hydrogens (tertiary/aromatic N) is 3. The topological polar surface area (TPSA) is 63.5 Å². The monoisotopic (exact) mass is 391 g/mol. The van der Waals surface area contributed by atoms with Gasteiger partial charge in [-0.25, -0.2) is 9.80 Å². The standard InChI is InChI=1S/C17H18BrN3O3/c1-4-24-17(22)12-9-10-14(13(18)11-12)19-20-21(2)15-7-5-6-8-16(15)23-3/h5-11H,4H2,1-3H3. The van der Waals surface area contributed by atoms with Gasteiger partial charge in [-0.1, -0.05) is 17.4 Å². The molecule has 0 fully saturated rings. The van der Waals surface area contributed by atoms with E-state index in [1.807, 2.05) is 24.3 Å². The third kappa shape index (κ3) is 4.32. The molecule has 0 heterocycles. The van der Waals surface area contributed by atoms with Crippen LogP contribution < -0.4 is 9.75 Å². The molecule has 7 heteroatoms. The minimum absolute atomic E-state index is 0.335. The molecule has 0 aliphatic heterocycles. The van der Waals surface area contributed by atoms with Crippen LogP contribution >= 0.6 is 15.9 Å². The van der Waals surface area contributed by atoms with E-state index >= 15 is 0 Å². The molecule has 0 N–H and O–H groups in total. The summed E-state index contributed by atoms with van der Waals surface area (Å²) in [5.41, 5.74) is 1.86. The summed E-state index contributed by atoms with van der Waals surface area (Å²) < 4.78 is 10.9. The predicted octanol–water partition coefficient (Wildman–Crippen LogP) is 4.77. The van der Waals surface area contributed by atoms with E-state index in [2.05, 4.69) is 26.3 Å². The molecule has 0 unspecified atom stereocenters. The number of benzene rings is 2. The summed E-state index contributed by atoms with van der Waals surface area (Å²) in [4.78, 5) is 11.7. The van der Waals surface area contributed by atoms with E-state index in [1.165, 1.54) is 0 Å². The second-order valence-corrected chi connectivity index (χ2v) is 5.63. The van der Waals surface area contributed by atoms with Crippen LogP contribution in [0.15, 0.2) is 57.3 Å². The maximum atomic E-state index is 11.7. The van der Waals surface area contributed by atoms with E-state index < -0.39 is 0 Å². The molecule has 0 radical (unpaired) electrons. The van der Waals surface area contributed by atoms with Crippen LogP contribution in [0.3, 0.4) is 0 Å². The van der Waals surface area contributed by atoms with Gasteiger partial charge >= 0.3 is 5.97 Å². The van der Waals surface area contributed by atoms with Crippen LogP contribution in [-0.4, -0.2) is 26.7 Å². The molecule has 0 atom stereocenters. The van der Waals surface area contributed by atoms with Gasteiger partial charge in [0.25, 0.3) is 0 Å². The van der Waals surface area contributed by atoms with Crippen molar-refractivity contribution in [1.29, 1.82) is 0 Å². The molecule has 2 rings (SSSR count). The highest BCUT2D eigenvalue weighted by atomic mass is 79.9. The van der Waals surface area contributed by atoms with Gasteiger partial charge in [0, 0.05) is 11.5 Å². The zero-order valence-electron chi connectivity index (χ0n) is 13.7. The number of hydrogen-bond donors (Lipinski definition) is 0. The average Bonchev–Trinajstić information content (AvgIpc) is 2.60. The van der Waals surface area contributed by atoms with Crippen molar-refractivity contribution < 1.29 is 14.3 Å². The second-order valence-electron chi connectivity index (χ2n) is 4.77. The molecular weight excluding hydrogens is 374 g/mol. The molecule has 24 heavy (non-hydrogen) atoms. The normalized spacial score (nSPS) is 10.7. The SMILES string of the molecule is CCOC(=O)c1ccc(N=NN(C)c2ccccc2OC)c(Br)c1. The van der Waals surface area contributed by atoms with Gasteiger partial charge < -0.3 is 9.47 Å². The Morgan fingerprint density at radius 1 is 1.25 bits per heavy atom. The van der Waals surface area contributed by atoms with Crippen molar-refractivity contribution in [2.45, 2.75) is 6.92 Å². The zero-order valence-corrected chi connectivity index (χ0v) is 15.3. The molecule has 0 bridgehead atoms. The van der Waals surface area contributed by atoms with E-state index in [-0.39, 0.29) is 5.97 Å². The molecule has 0 aliphatic rings. The van der Waals surface area contributed by atoms with Gasteiger partial charge in [0.15, 0.2) is 0 Å². The number of anilines is 1. The second kappa shape index (κ2) is 8.44. The van der Waals surface area contributed by atoms with Crippen LogP contribution in [0, 0.1) is 0 Å². The van der Waals surface area contributed by atoms with Crippen molar-refractivity contribution in [2.75, 3.05) is 25.8 Å². The van der Waals surface area contributed by atoms with Crippen molar-refractivity contribution in [3.63, 3.8) is 0 Å². The van der Waals surface area contributed by atoms with Crippen LogP contribution in [0.1, 0.15) is 17.3 Å². The Bertz CT molecular complexity index is 750. The van der Waals surface area contributed by atoms with E-state index in [9.17, 15) is 4.79 Å². The number of hydrogen-bond acceptors (Lipinski definition) is 5. The number of carbonyl (C=O) groups is 1. The average molecular weight is 392 g/mol. The first-order chi connectivity index (χ1) is 11.6. The van der Waals surface area contributed by atoms with Gasteiger partial charge in [-0.05, 0) is 53.2 Å². The summed E-state index contributed by atoms with van der Waals surface area (Å²) >= 11 is 3.40. The maximum absolute atomic E-state index is 11.7. The van der Waals surface area contributed by atoms with Crippen LogP contribution in [0.2, 0.25) is 0 Å². The third-order valence-corrected chi connectivity index (χ3v) is 3.81. The number of para-hydroxylation sites is 2. The number of halogens is 1. The van der Waals surface area contributed by atoms with Crippen molar-refractivity contribution in [3.05, 3.63) is 52.5 Å². The lowest BCUT2D eigenvalue weighted by Crippen LogP contribution is -2.08. The molecule has 0 saturated heterocycles. The first kappa shape index (κ1) is 17.9. The summed E-state index contributed by atoms with van der Waals surface area (Å²) in [6.07, 6.45) is 0. The van der Waals surface area contributed by atoms with Gasteiger partial charge in [-0.2, -0.15) is 0 Å². The van der Waals surface area contributed by atoms with Crippen LogP contribution in [0.5, 0.6) is 5.75 Å². The highest BCUT2D eigenvalue weighted by molar-refractivity contribution is 9.10. The molecule has 126 valence electrons. The lowest BCUT2D eigenvalue weighted by Gasteiger charge is -2.14. The summed E-state index contributed by atoms with van der Waals surface area (Å²) in [5.74, 6) is 0.337. The molecule has 6 nitrogen and oxygen atoms in total. The van der Waals surface area contributed by atoms with Gasteiger partial charge in [0.1, 0.15) is 17.1 Å². The first-order valence-corrected chi connectivity index (χ1v) is 8.11. The number of ether oxygens (including phenoxy) is 2. The zero-order chi connectivity index (χ0) is 17.5. The highest BCUT2D eigenvalue weighted by Crippen LogP contribution is 2.30. The fourth-order valence-corrected chi connectivity index (χ4v) is 2.45. The summed E-state index contributed by atoms with van der Waals surface area (Å²) in [7, 11) is 3.39. The first-order valence-electron chi connectivity index (χ1n) is 7.32. The van der Waals surface area contributed by atoms with E-state index in [1.54, 1.807) is 44.3 Å². The minimum atomic E-state index is -0.368. The lowest BCUT2D eigenvalue weighted by atomic mass is 10.2. The quantitative estimate of drug-likeness (QED) is 0.404. The highest BCUT2D eigenvalue weighted by Gasteiger charge is 2.10. The molecule has 0 saturated carbocycles. The van der Waals surface area contributed by atoms with E-state index in [4.69, 9.17) is 9.47 Å². The fourth-order valence-electron chi connectivity index (χ4n) is 1.99. The van der Waals surface area contributed by atoms with Gasteiger partial charge in [0.2, 0.25) is 0 Å². The van der Waals surface area contributed by atoms with Crippen molar-refractivity contribution in [2.24, 2.45) is 10.3 Å². The van der Waals surface area contributed by atoms with Crippen LogP contribution in [0.4, 0.5) is 11.4 Å².